The standard InChI is InChI=1S/C13H17NO5S/c1-9(20(2,16)17)13(15)14-6-5-10-3-4-11-12(7-10)19-8-18-11/h3-4,7,9H,5-6,8H2,1-2H3,(H,14,15)/t9-/m1/s1. The zero-order valence-corrected chi connectivity index (χ0v) is 12.2. The number of nitrogens with one attached hydrogen (secondary N) is 1. The molecule has 20 heavy (non-hydrogen) atoms. The molecule has 6 nitrogen and oxygen atoms in total. The fraction of sp³-hybridized carbons (Fsp3) is 0.462. The summed E-state index contributed by atoms with van der Waals surface area (Å²) < 4.78 is 33.0. The van der Waals surface area contributed by atoms with Crippen molar-refractivity contribution >= 4 is 15.7 Å². The van der Waals surface area contributed by atoms with Gasteiger partial charge in [-0.3, -0.25) is 4.79 Å². The van der Waals surface area contributed by atoms with Crippen molar-refractivity contribution in [3.8, 4) is 11.5 Å². The summed E-state index contributed by atoms with van der Waals surface area (Å²) in [6.07, 6.45) is 1.65. The highest BCUT2D eigenvalue weighted by Crippen LogP contribution is 2.32. The molecule has 0 spiro atoms. The Morgan fingerprint density at radius 3 is 2.75 bits per heavy atom. The van der Waals surface area contributed by atoms with Gasteiger partial charge in [-0.1, -0.05) is 6.07 Å². The van der Waals surface area contributed by atoms with Crippen LogP contribution in [0, 0.1) is 0 Å². The summed E-state index contributed by atoms with van der Waals surface area (Å²) in [6.45, 7) is 1.98. The van der Waals surface area contributed by atoms with Crippen LogP contribution < -0.4 is 14.8 Å². The molecule has 1 N–H and O–H groups in total. The lowest BCUT2D eigenvalue weighted by atomic mass is 10.1. The van der Waals surface area contributed by atoms with E-state index >= 15 is 0 Å². The Morgan fingerprint density at radius 2 is 2.05 bits per heavy atom. The second kappa shape index (κ2) is 5.70. The van der Waals surface area contributed by atoms with Gasteiger partial charge in [-0.25, -0.2) is 8.42 Å². The second-order valence-corrected chi connectivity index (χ2v) is 7.07. The summed E-state index contributed by atoms with van der Waals surface area (Å²) in [7, 11) is -3.35. The third kappa shape index (κ3) is 3.41. The molecule has 0 saturated carbocycles. The van der Waals surface area contributed by atoms with Crippen LogP contribution in [0.15, 0.2) is 18.2 Å². The molecule has 1 heterocycles. The molecule has 0 unspecified atom stereocenters. The van der Waals surface area contributed by atoms with Crippen LogP contribution in [-0.2, 0) is 21.1 Å². The number of benzene rings is 1. The number of hydrogen-bond donors (Lipinski definition) is 1. The van der Waals surface area contributed by atoms with Crippen molar-refractivity contribution in [3.05, 3.63) is 23.8 Å². The van der Waals surface area contributed by atoms with Gasteiger partial charge in [0.05, 0.1) is 0 Å². The molecule has 1 aliphatic heterocycles. The maximum atomic E-state index is 11.6. The van der Waals surface area contributed by atoms with Crippen LogP contribution in [0.25, 0.3) is 0 Å². The van der Waals surface area contributed by atoms with E-state index in [4.69, 9.17) is 9.47 Å². The van der Waals surface area contributed by atoms with E-state index in [0.717, 1.165) is 11.8 Å². The molecule has 1 aromatic rings. The Labute approximate surface area is 118 Å². The van der Waals surface area contributed by atoms with E-state index in [1.54, 1.807) is 0 Å². The lowest BCUT2D eigenvalue weighted by Gasteiger charge is -2.10. The van der Waals surface area contributed by atoms with Gasteiger partial charge in [0, 0.05) is 12.8 Å². The van der Waals surface area contributed by atoms with Crippen molar-refractivity contribution in [2.75, 3.05) is 19.6 Å². The second-order valence-electron chi connectivity index (χ2n) is 4.70. The third-order valence-electron chi connectivity index (χ3n) is 3.16. The van der Waals surface area contributed by atoms with Crippen LogP contribution in [0.4, 0.5) is 0 Å². The average Bonchev–Trinajstić information content (AvgIpc) is 2.84. The van der Waals surface area contributed by atoms with Crippen LogP contribution in [-0.4, -0.2) is 39.2 Å². The van der Waals surface area contributed by atoms with Crippen molar-refractivity contribution in [3.63, 3.8) is 0 Å². The van der Waals surface area contributed by atoms with Crippen LogP contribution in [0.3, 0.4) is 0 Å². The van der Waals surface area contributed by atoms with E-state index in [2.05, 4.69) is 5.32 Å². The van der Waals surface area contributed by atoms with Crippen molar-refractivity contribution in [2.24, 2.45) is 0 Å². The SMILES string of the molecule is C[C@H](C(=O)NCCc1ccc2c(c1)OCO2)S(C)(=O)=O. The Balaban J connectivity index is 1.86. The van der Waals surface area contributed by atoms with Crippen molar-refractivity contribution in [1.82, 2.24) is 5.32 Å². The topological polar surface area (TPSA) is 81.7 Å². The number of carbonyl (C=O) groups excluding carboxylic acids is 1. The smallest absolute Gasteiger partial charge is 0.238 e. The number of sulfone groups is 1. The zero-order valence-electron chi connectivity index (χ0n) is 11.4. The minimum Gasteiger partial charge on any atom is -0.454 e. The molecule has 0 saturated heterocycles. The van der Waals surface area contributed by atoms with Crippen LogP contribution in [0.1, 0.15) is 12.5 Å². The van der Waals surface area contributed by atoms with E-state index in [-0.39, 0.29) is 6.79 Å². The summed E-state index contributed by atoms with van der Waals surface area (Å²) in [4.78, 5) is 11.6. The average molecular weight is 299 g/mol. The van der Waals surface area contributed by atoms with Gasteiger partial charge in [-0.15, -0.1) is 0 Å². The van der Waals surface area contributed by atoms with Crippen molar-refractivity contribution < 1.29 is 22.7 Å². The molecule has 1 atom stereocenters. The van der Waals surface area contributed by atoms with Gasteiger partial charge in [-0.2, -0.15) is 0 Å². The summed E-state index contributed by atoms with van der Waals surface area (Å²) in [6, 6.07) is 5.56. The maximum absolute atomic E-state index is 11.6. The van der Waals surface area contributed by atoms with Crippen molar-refractivity contribution in [2.45, 2.75) is 18.6 Å². The highest BCUT2D eigenvalue weighted by atomic mass is 32.2. The summed E-state index contributed by atoms with van der Waals surface area (Å²) in [5, 5.41) is 1.59. The van der Waals surface area contributed by atoms with Gasteiger partial charge in [0.2, 0.25) is 12.7 Å². The number of rotatable bonds is 5. The zero-order chi connectivity index (χ0) is 14.8. The fourth-order valence-electron chi connectivity index (χ4n) is 1.76. The van der Waals surface area contributed by atoms with Gasteiger partial charge in [-0.05, 0) is 31.0 Å². The molecule has 1 amide bonds. The Hall–Kier alpha value is -1.76. The van der Waals surface area contributed by atoms with E-state index in [1.807, 2.05) is 18.2 Å². The molecule has 110 valence electrons. The third-order valence-corrected chi connectivity index (χ3v) is 4.66. The monoisotopic (exact) mass is 299 g/mol. The molecule has 2 rings (SSSR count). The molecule has 0 fully saturated rings. The molecule has 0 radical (unpaired) electrons. The lowest BCUT2D eigenvalue weighted by Crippen LogP contribution is -2.38. The molecule has 0 bridgehead atoms. The fourth-order valence-corrected chi connectivity index (χ4v) is 2.24. The highest BCUT2D eigenvalue weighted by Gasteiger charge is 2.22. The number of hydrogen-bond acceptors (Lipinski definition) is 5. The van der Waals surface area contributed by atoms with E-state index in [1.165, 1.54) is 6.92 Å². The highest BCUT2D eigenvalue weighted by molar-refractivity contribution is 7.92. The van der Waals surface area contributed by atoms with Gasteiger partial charge in [0.1, 0.15) is 5.25 Å². The first-order valence-corrected chi connectivity index (χ1v) is 8.18. The summed E-state index contributed by atoms with van der Waals surface area (Å²) in [5.41, 5.74) is 0.988. The number of amides is 1. The van der Waals surface area contributed by atoms with Crippen molar-refractivity contribution in [1.29, 1.82) is 0 Å². The van der Waals surface area contributed by atoms with Gasteiger partial charge in [0.15, 0.2) is 21.3 Å². The molecular weight excluding hydrogens is 282 g/mol. The minimum absolute atomic E-state index is 0.224. The first-order valence-electron chi connectivity index (χ1n) is 6.23. The lowest BCUT2D eigenvalue weighted by molar-refractivity contribution is -0.120. The predicted molar refractivity (Wildman–Crippen MR) is 73.6 cm³/mol. The van der Waals surface area contributed by atoms with Crippen LogP contribution in [0.5, 0.6) is 11.5 Å². The Morgan fingerprint density at radius 1 is 1.35 bits per heavy atom. The molecule has 0 aromatic heterocycles. The Bertz CT molecular complexity index is 611. The Kier molecular flexibility index (Phi) is 4.17. The summed E-state index contributed by atoms with van der Waals surface area (Å²) in [5.74, 6) is 0.926. The number of ether oxygens (including phenoxy) is 2. The van der Waals surface area contributed by atoms with Gasteiger partial charge < -0.3 is 14.8 Å². The largest absolute Gasteiger partial charge is 0.454 e. The van der Waals surface area contributed by atoms with Crippen LogP contribution in [0.2, 0.25) is 0 Å². The predicted octanol–water partition coefficient (Wildman–Crippen LogP) is 0.507. The summed E-state index contributed by atoms with van der Waals surface area (Å²) >= 11 is 0. The van der Waals surface area contributed by atoms with E-state index < -0.39 is 21.0 Å². The molecule has 7 heteroatoms. The molecular formula is C13H17NO5S. The molecule has 1 aromatic carbocycles. The quantitative estimate of drug-likeness (QED) is 0.856. The molecule has 1 aliphatic rings. The minimum atomic E-state index is -3.35. The number of fused-ring (bicyclic) bond motifs is 1. The van der Waals surface area contributed by atoms with Crippen LogP contribution >= 0.6 is 0 Å². The van der Waals surface area contributed by atoms with Gasteiger partial charge >= 0.3 is 0 Å². The molecule has 0 aliphatic carbocycles. The first-order chi connectivity index (χ1) is 9.38. The van der Waals surface area contributed by atoms with E-state index in [9.17, 15) is 13.2 Å². The van der Waals surface area contributed by atoms with Gasteiger partial charge in [0.25, 0.3) is 0 Å². The first kappa shape index (κ1) is 14.6. The maximum Gasteiger partial charge on any atom is 0.238 e. The number of carbonyl (C=O) groups is 1. The normalized spacial score (nSPS) is 14.9. The van der Waals surface area contributed by atoms with E-state index in [0.29, 0.717) is 24.5 Å².